The van der Waals surface area contributed by atoms with E-state index in [1.54, 1.807) is 12.4 Å². The molecule has 1 aromatic carbocycles. The van der Waals surface area contributed by atoms with Gasteiger partial charge in [-0.3, -0.25) is 0 Å². The Morgan fingerprint density at radius 2 is 1.78 bits per heavy atom. The molecule has 0 amide bonds. The fourth-order valence-corrected chi connectivity index (χ4v) is 3.07. The van der Waals surface area contributed by atoms with Gasteiger partial charge in [0.2, 0.25) is 0 Å². The lowest BCUT2D eigenvalue weighted by Crippen LogP contribution is -2.30. The number of hydrogen-bond donors (Lipinski definition) is 1. The van der Waals surface area contributed by atoms with E-state index < -0.39 is 0 Å². The molecule has 1 saturated heterocycles. The van der Waals surface area contributed by atoms with Gasteiger partial charge in [-0.25, -0.2) is 9.97 Å². The van der Waals surface area contributed by atoms with E-state index in [0.717, 1.165) is 31.3 Å². The topological polar surface area (TPSA) is 44.3 Å². The number of rotatable bonds is 5. The SMILES string of the molecule is CN(C)c1nccnc1NCc1ccccc1N1CCCCC1. The van der Waals surface area contributed by atoms with Crippen molar-refractivity contribution in [3.63, 3.8) is 0 Å². The van der Waals surface area contributed by atoms with Crippen LogP contribution in [0.2, 0.25) is 0 Å². The van der Waals surface area contributed by atoms with Crippen molar-refractivity contribution < 1.29 is 0 Å². The maximum absolute atomic E-state index is 4.43. The lowest BCUT2D eigenvalue weighted by molar-refractivity contribution is 0.576. The molecule has 0 bridgehead atoms. The zero-order valence-corrected chi connectivity index (χ0v) is 14.0. The second-order valence-electron chi connectivity index (χ2n) is 6.15. The van der Waals surface area contributed by atoms with Gasteiger partial charge in [-0.2, -0.15) is 0 Å². The van der Waals surface area contributed by atoms with Crippen molar-refractivity contribution in [3.05, 3.63) is 42.2 Å². The number of nitrogens with zero attached hydrogens (tertiary/aromatic N) is 4. The molecule has 23 heavy (non-hydrogen) atoms. The summed E-state index contributed by atoms with van der Waals surface area (Å²) in [7, 11) is 3.97. The molecule has 0 atom stereocenters. The van der Waals surface area contributed by atoms with E-state index in [1.807, 2.05) is 19.0 Å². The molecular weight excluding hydrogens is 286 g/mol. The predicted octanol–water partition coefficient (Wildman–Crippen LogP) is 3.15. The molecular formula is C18H25N5. The van der Waals surface area contributed by atoms with Crippen molar-refractivity contribution in [3.8, 4) is 0 Å². The molecule has 1 aromatic heterocycles. The van der Waals surface area contributed by atoms with E-state index in [0.29, 0.717) is 0 Å². The molecule has 5 heteroatoms. The smallest absolute Gasteiger partial charge is 0.171 e. The summed E-state index contributed by atoms with van der Waals surface area (Å²) in [4.78, 5) is 13.3. The number of nitrogens with one attached hydrogen (secondary N) is 1. The number of anilines is 3. The van der Waals surface area contributed by atoms with Gasteiger partial charge in [-0.15, -0.1) is 0 Å². The van der Waals surface area contributed by atoms with Gasteiger partial charge in [-0.05, 0) is 30.9 Å². The fraction of sp³-hybridized carbons (Fsp3) is 0.444. The molecule has 2 aromatic rings. The highest BCUT2D eigenvalue weighted by Gasteiger charge is 2.14. The Morgan fingerprint density at radius 3 is 2.57 bits per heavy atom. The minimum Gasteiger partial charge on any atom is -0.371 e. The first-order valence-electron chi connectivity index (χ1n) is 8.31. The first-order chi connectivity index (χ1) is 11.3. The minimum absolute atomic E-state index is 0.756. The summed E-state index contributed by atoms with van der Waals surface area (Å²) in [6.07, 6.45) is 7.38. The molecule has 0 spiro atoms. The van der Waals surface area contributed by atoms with E-state index in [2.05, 4.69) is 44.5 Å². The van der Waals surface area contributed by atoms with Crippen molar-refractivity contribution in [2.75, 3.05) is 42.3 Å². The molecule has 3 rings (SSSR count). The van der Waals surface area contributed by atoms with Crippen LogP contribution in [0, 0.1) is 0 Å². The second-order valence-corrected chi connectivity index (χ2v) is 6.15. The standard InChI is InChI=1S/C18H25N5/c1-22(2)18-17(19-10-11-20-18)21-14-15-8-4-5-9-16(15)23-12-6-3-7-13-23/h4-5,8-11H,3,6-7,12-14H2,1-2H3,(H,19,21). The third-order valence-corrected chi connectivity index (χ3v) is 4.24. The van der Waals surface area contributed by atoms with Gasteiger partial charge in [0, 0.05) is 51.8 Å². The summed E-state index contributed by atoms with van der Waals surface area (Å²) in [5, 5.41) is 3.45. The average molecular weight is 311 g/mol. The first-order valence-corrected chi connectivity index (χ1v) is 8.31. The normalized spacial score (nSPS) is 14.6. The Morgan fingerprint density at radius 1 is 1.04 bits per heavy atom. The maximum atomic E-state index is 4.43. The van der Waals surface area contributed by atoms with E-state index in [1.165, 1.54) is 30.5 Å². The number of hydrogen-bond acceptors (Lipinski definition) is 5. The van der Waals surface area contributed by atoms with Crippen LogP contribution in [0.5, 0.6) is 0 Å². The summed E-state index contributed by atoms with van der Waals surface area (Å²) in [5.41, 5.74) is 2.65. The highest BCUT2D eigenvalue weighted by molar-refractivity contribution is 5.61. The van der Waals surface area contributed by atoms with E-state index >= 15 is 0 Å². The van der Waals surface area contributed by atoms with Crippen molar-refractivity contribution in [1.82, 2.24) is 9.97 Å². The summed E-state index contributed by atoms with van der Waals surface area (Å²) >= 11 is 0. The number of piperidine rings is 1. The van der Waals surface area contributed by atoms with Crippen molar-refractivity contribution in [1.29, 1.82) is 0 Å². The number of aromatic nitrogens is 2. The zero-order chi connectivity index (χ0) is 16.1. The first kappa shape index (κ1) is 15.6. The van der Waals surface area contributed by atoms with Crippen LogP contribution in [0.3, 0.4) is 0 Å². The van der Waals surface area contributed by atoms with Crippen LogP contribution in [-0.4, -0.2) is 37.2 Å². The Labute approximate surface area is 138 Å². The molecule has 122 valence electrons. The van der Waals surface area contributed by atoms with Crippen LogP contribution in [0.15, 0.2) is 36.7 Å². The molecule has 0 saturated carbocycles. The molecule has 0 unspecified atom stereocenters. The quantitative estimate of drug-likeness (QED) is 0.919. The van der Waals surface area contributed by atoms with Gasteiger partial charge in [0.05, 0.1) is 0 Å². The summed E-state index contributed by atoms with van der Waals surface area (Å²) in [6.45, 7) is 3.07. The second kappa shape index (κ2) is 7.31. The lowest BCUT2D eigenvalue weighted by Gasteiger charge is -2.30. The molecule has 1 N–H and O–H groups in total. The average Bonchev–Trinajstić information content (AvgIpc) is 2.61. The Bertz CT molecular complexity index is 635. The Hall–Kier alpha value is -2.30. The van der Waals surface area contributed by atoms with Crippen LogP contribution in [0.4, 0.5) is 17.3 Å². The predicted molar refractivity (Wildman–Crippen MR) is 96.2 cm³/mol. The molecule has 1 fully saturated rings. The highest BCUT2D eigenvalue weighted by Crippen LogP contribution is 2.25. The Kier molecular flexibility index (Phi) is 4.95. The summed E-state index contributed by atoms with van der Waals surface area (Å²) in [5.74, 6) is 1.69. The van der Waals surface area contributed by atoms with Crippen LogP contribution < -0.4 is 15.1 Å². The van der Waals surface area contributed by atoms with Gasteiger partial charge in [0.25, 0.3) is 0 Å². The number of benzene rings is 1. The molecule has 2 heterocycles. The van der Waals surface area contributed by atoms with Crippen LogP contribution in [-0.2, 0) is 6.54 Å². The zero-order valence-electron chi connectivity index (χ0n) is 14.0. The van der Waals surface area contributed by atoms with Crippen molar-refractivity contribution >= 4 is 17.3 Å². The maximum Gasteiger partial charge on any atom is 0.171 e. The van der Waals surface area contributed by atoms with E-state index in [4.69, 9.17) is 0 Å². The summed E-state index contributed by atoms with van der Waals surface area (Å²) in [6, 6.07) is 8.66. The molecule has 1 aliphatic heterocycles. The molecule has 0 radical (unpaired) electrons. The van der Waals surface area contributed by atoms with Crippen molar-refractivity contribution in [2.45, 2.75) is 25.8 Å². The van der Waals surface area contributed by atoms with Gasteiger partial charge in [-0.1, -0.05) is 18.2 Å². The lowest BCUT2D eigenvalue weighted by atomic mass is 10.1. The van der Waals surface area contributed by atoms with Crippen LogP contribution in [0.1, 0.15) is 24.8 Å². The minimum atomic E-state index is 0.756. The fourth-order valence-electron chi connectivity index (χ4n) is 3.07. The van der Waals surface area contributed by atoms with Gasteiger partial charge in [0.1, 0.15) is 0 Å². The monoisotopic (exact) mass is 311 g/mol. The van der Waals surface area contributed by atoms with Gasteiger partial charge < -0.3 is 15.1 Å². The van der Waals surface area contributed by atoms with Crippen LogP contribution in [0.25, 0.3) is 0 Å². The van der Waals surface area contributed by atoms with E-state index in [-0.39, 0.29) is 0 Å². The third kappa shape index (κ3) is 3.73. The Balaban J connectivity index is 1.76. The van der Waals surface area contributed by atoms with Crippen molar-refractivity contribution in [2.24, 2.45) is 0 Å². The number of para-hydroxylation sites is 1. The largest absolute Gasteiger partial charge is 0.371 e. The molecule has 0 aliphatic carbocycles. The molecule has 5 nitrogen and oxygen atoms in total. The highest BCUT2D eigenvalue weighted by atomic mass is 15.2. The van der Waals surface area contributed by atoms with E-state index in [9.17, 15) is 0 Å². The summed E-state index contributed by atoms with van der Waals surface area (Å²) < 4.78 is 0. The third-order valence-electron chi connectivity index (χ3n) is 4.24. The van der Waals surface area contributed by atoms with Gasteiger partial charge >= 0.3 is 0 Å². The molecule has 1 aliphatic rings. The van der Waals surface area contributed by atoms with Gasteiger partial charge in [0.15, 0.2) is 11.6 Å². The van der Waals surface area contributed by atoms with Crippen LogP contribution >= 0.6 is 0 Å².